The van der Waals surface area contributed by atoms with Crippen molar-refractivity contribution in [3.63, 3.8) is 0 Å². The van der Waals surface area contributed by atoms with E-state index in [-0.39, 0.29) is 0 Å². The number of aromatic nitrogens is 5. The maximum absolute atomic E-state index is 5.85. The first kappa shape index (κ1) is 9.38. The summed E-state index contributed by atoms with van der Waals surface area (Å²) >= 11 is 0. The van der Waals surface area contributed by atoms with Gasteiger partial charge in [0.1, 0.15) is 5.69 Å². The van der Waals surface area contributed by atoms with Crippen LogP contribution in [0, 0.1) is 6.92 Å². The summed E-state index contributed by atoms with van der Waals surface area (Å²) in [6, 6.07) is 0. The summed E-state index contributed by atoms with van der Waals surface area (Å²) in [6.07, 6.45) is 4.29. The van der Waals surface area contributed by atoms with Crippen LogP contribution in [0.1, 0.15) is 30.1 Å². The third-order valence-electron chi connectivity index (χ3n) is 2.91. The van der Waals surface area contributed by atoms with Crippen molar-refractivity contribution in [1.29, 1.82) is 0 Å². The number of hydrogen-bond donors (Lipinski definition) is 1. The van der Waals surface area contributed by atoms with Gasteiger partial charge in [-0.3, -0.25) is 4.68 Å². The van der Waals surface area contributed by atoms with Crippen molar-refractivity contribution >= 4 is 5.82 Å². The highest BCUT2D eigenvalue weighted by atomic mass is 15.5. The van der Waals surface area contributed by atoms with Crippen molar-refractivity contribution in [3.05, 3.63) is 17.6 Å². The second-order valence-electron chi connectivity index (χ2n) is 4.32. The fourth-order valence-corrected chi connectivity index (χ4v) is 2.01. The first-order chi connectivity index (χ1) is 7.66. The standard InChI is InChI=1S/C10H14N6/c1-6-8(5-15(2)13-6)16-9(7-3-4-7)10(11)12-14-16/h5,7H,3-4,11H2,1-2H3. The Morgan fingerprint density at radius 2 is 2.19 bits per heavy atom. The van der Waals surface area contributed by atoms with Gasteiger partial charge in [0.25, 0.3) is 0 Å². The molecule has 3 rings (SSSR count). The highest BCUT2D eigenvalue weighted by Crippen LogP contribution is 2.42. The normalized spacial score (nSPS) is 15.6. The van der Waals surface area contributed by atoms with Crippen molar-refractivity contribution in [2.45, 2.75) is 25.7 Å². The molecule has 2 heterocycles. The van der Waals surface area contributed by atoms with Gasteiger partial charge in [0.15, 0.2) is 5.82 Å². The number of nitrogens with two attached hydrogens (primary N) is 1. The lowest BCUT2D eigenvalue weighted by Gasteiger charge is -2.03. The van der Waals surface area contributed by atoms with E-state index in [0.717, 1.165) is 17.1 Å². The Kier molecular flexibility index (Phi) is 1.80. The molecule has 1 aliphatic carbocycles. The van der Waals surface area contributed by atoms with Crippen molar-refractivity contribution in [2.24, 2.45) is 7.05 Å². The third-order valence-corrected chi connectivity index (χ3v) is 2.91. The summed E-state index contributed by atoms with van der Waals surface area (Å²) in [4.78, 5) is 0. The minimum atomic E-state index is 0.523. The molecule has 0 aliphatic heterocycles. The molecule has 1 fully saturated rings. The van der Waals surface area contributed by atoms with Gasteiger partial charge in [0.2, 0.25) is 0 Å². The molecule has 1 aliphatic rings. The van der Waals surface area contributed by atoms with Crippen LogP contribution in [0.3, 0.4) is 0 Å². The Morgan fingerprint density at radius 3 is 2.75 bits per heavy atom. The minimum absolute atomic E-state index is 0.523. The molecule has 84 valence electrons. The Balaban J connectivity index is 2.15. The van der Waals surface area contributed by atoms with Gasteiger partial charge in [-0.25, -0.2) is 4.68 Å². The van der Waals surface area contributed by atoms with E-state index < -0.39 is 0 Å². The summed E-state index contributed by atoms with van der Waals surface area (Å²) in [5.74, 6) is 1.07. The largest absolute Gasteiger partial charge is 0.381 e. The number of nitrogens with zero attached hydrogens (tertiary/aromatic N) is 5. The number of rotatable bonds is 2. The van der Waals surface area contributed by atoms with Gasteiger partial charge >= 0.3 is 0 Å². The molecular formula is C10H14N6. The summed E-state index contributed by atoms with van der Waals surface area (Å²) in [5.41, 5.74) is 8.80. The van der Waals surface area contributed by atoms with E-state index in [1.54, 1.807) is 4.68 Å². The molecule has 6 nitrogen and oxygen atoms in total. The van der Waals surface area contributed by atoms with Crippen LogP contribution >= 0.6 is 0 Å². The minimum Gasteiger partial charge on any atom is -0.381 e. The SMILES string of the molecule is Cc1nn(C)cc1-n1nnc(N)c1C1CC1. The predicted octanol–water partition coefficient (Wildman–Crippen LogP) is 0.769. The van der Waals surface area contributed by atoms with E-state index in [1.807, 2.05) is 24.9 Å². The van der Waals surface area contributed by atoms with Crippen LogP contribution in [0.4, 0.5) is 5.82 Å². The molecular weight excluding hydrogens is 204 g/mol. The topological polar surface area (TPSA) is 74.5 Å². The fraction of sp³-hybridized carbons (Fsp3) is 0.500. The van der Waals surface area contributed by atoms with Gasteiger partial charge in [-0.15, -0.1) is 5.10 Å². The average molecular weight is 218 g/mol. The van der Waals surface area contributed by atoms with Crippen LogP contribution < -0.4 is 5.73 Å². The summed E-state index contributed by atoms with van der Waals surface area (Å²) in [5, 5.41) is 12.4. The zero-order valence-corrected chi connectivity index (χ0v) is 9.38. The molecule has 0 atom stereocenters. The molecule has 6 heteroatoms. The molecule has 2 N–H and O–H groups in total. The van der Waals surface area contributed by atoms with Crippen LogP contribution in [0.2, 0.25) is 0 Å². The highest BCUT2D eigenvalue weighted by Gasteiger charge is 2.31. The molecule has 0 bridgehead atoms. The predicted molar refractivity (Wildman–Crippen MR) is 59.2 cm³/mol. The van der Waals surface area contributed by atoms with Gasteiger partial charge in [-0.05, 0) is 19.8 Å². The third kappa shape index (κ3) is 1.30. The summed E-state index contributed by atoms with van der Waals surface area (Å²) in [6.45, 7) is 1.96. The zero-order valence-electron chi connectivity index (χ0n) is 9.38. The molecule has 0 radical (unpaired) electrons. The van der Waals surface area contributed by atoms with E-state index in [9.17, 15) is 0 Å². The van der Waals surface area contributed by atoms with Crippen molar-refractivity contribution in [3.8, 4) is 5.69 Å². The average Bonchev–Trinajstić information content (AvgIpc) is 2.91. The zero-order chi connectivity index (χ0) is 11.3. The molecule has 2 aromatic rings. The maximum atomic E-state index is 5.85. The molecule has 0 saturated heterocycles. The Labute approximate surface area is 93.0 Å². The van der Waals surface area contributed by atoms with Gasteiger partial charge in [-0.2, -0.15) is 5.10 Å². The summed E-state index contributed by atoms with van der Waals surface area (Å²) in [7, 11) is 1.90. The van der Waals surface area contributed by atoms with Crippen LogP contribution in [0.15, 0.2) is 6.20 Å². The first-order valence-corrected chi connectivity index (χ1v) is 5.38. The fourth-order valence-electron chi connectivity index (χ4n) is 2.01. The Bertz CT molecular complexity index is 533. The lowest BCUT2D eigenvalue weighted by Crippen LogP contribution is -2.03. The maximum Gasteiger partial charge on any atom is 0.169 e. The van der Waals surface area contributed by atoms with E-state index in [0.29, 0.717) is 11.7 Å². The van der Waals surface area contributed by atoms with Crippen molar-refractivity contribution < 1.29 is 0 Å². The molecule has 0 amide bonds. The number of hydrogen-bond acceptors (Lipinski definition) is 4. The molecule has 0 aromatic carbocycles. The van der Waals surface area contributed by atoms with E-state index in [4.69, 9.17) is 5.73 Å². The first-order valence-electron chi connectivity index (χ1n) is 5.38. The monoisotopic (exact) mass is 218 g/mol. The van der Waals surface area contributed by atoms with E-state index >= 15 is 0 Å². The van der Waals surface area contributed by atoms with Crippen molar-refractivity contribution in [1.82, 2.24) is 24.8 Å². The second-order valence-corrected chi connectivity index (χ2v) is 4.32. The quantitative estimate of drug-likeness (QED) is 0.807. The van der Waals surface area contributed by atoms with E-state index in [2.05, 4.69) is 15.4 Å². The molecule has 0 unspecified atom stereocenters. The highest BCUT2D eigenvalue weighted by molar-refractivity contribution is 5.45. The summed E-state index contributed by atoms with van der Waals surface area (Å²) < 4.78 is 3.61. The number of aryl methyl sites for hydroxylation is 2. The molecule has 16 heavy (non-hydrogen) atoms. The van der Waals surface area contributed by atoms with Gasteiger partial charge < -0.3 is 5.73 Å². The van der Waals surface area contributed by atoms with Crippen LogP contribution in [0.25, 0.3) is 5.69 Å². The Hall–Kier alpha value is -1.85. The molecule has 0 spiro atoms. The van der Waals surface area contributed by atoms with Crippen LogP contribution in [-0.4, -0.2) is 24.8 Å². The second kappa shape index (κ2) is 3.07. The van der Waals surface area contributed by atoms with E-state index in [1.165, 1.54) is 12.8 Å². The lowest BCUT2D eigenvalue weighted by atomic mass is 10.2. The van der Waals surface area contributed by atoms with Crippen LogP contribution in [0.5, 0.6) is 0 Å². The van der Waals surface area contributed by atoms with Crippen LogP contribution in [-0.2, 0) is 7.05 Å². The number of nitrogen functional groups attached to an aromatic ring is 1. The smallest absolute Gasteiger partial charge is 0.169 e. The molecule has 1 saturated carbocycles. The Morgan fingerprint density at radius 1 is 1.44 bits per heavy atom. The van der Waals surface area contributed by atoms with Gasteiger partial charge in [0.05, 0.1) is 17.6 Å². The molecule has 2 aromatic heterocycles. The van der Waals surface area contributed by atoms with Crippen molar-refractivity contribution in [2.75, 3.05) is 5.73 Å². The van der Waals surface area contributed by atoms with Gasteiger partial charge in [0, 0.05) is 13.0 Å². The van der Waals surface area contributed by atoms with Gasteiger partial charge in [-0.1, -0.05) is 5.21 Å². The lowest BCUT2D eigenvalue weighted by molar-refractivity contribution is 0.751. The number of anilines is 1.